The van der Waals surface area contributed by atoms with Crippen molar-refractivity contribution in [1.29, 1.82) is 0 Å². The lowest BCUT2D eigenvalue weighted by atomic mass is 10.1. The molecule has 4 nitrogen and oxygen atoms in total. The molecule has 0 unspecified atom stereocenters. The van der Waals surface area contributed by atoms with E-state index in [4.69, 9.17) is 29.6 Å². The third kappa shape index (κ3) is 3.43. The zero-order chi connectivity index (χ0) is 14.0. The zero-order valence-electron chi connectivity index (χ0n) is 10.7. The minimum atomic E-state index is 0.141. The molecule has 0 radical (unpaired) electrons. The van der Waals surface area contributed by atoms with Crippen molar-refractivity contribution >= 4 is 34.7 Å². The number of rotatable bonds is 3. The van der Waals surface area contributed by atoms with Crippen molar-refractivity contribution in [3.63, 3.8) is 0 Å². The summed E-state index contributed by atoms with van der Waals surface area (Å²) >= 11 is 11.1. The Morgan fingerprint density at radius 3 is 2.79 bits per heavy atom. The number of halogens is 1. The van der Waals surface area contributed by atoms with Crippen molar-refractivity contribution < 1.29 is 4.79 Å². The van der Waals surface area contributed by atoms with E-state index in [1.54, 1.807) is 11.0 Å². The highest BCUT2D eigenvalue weighted by atomic mass is 35.5. The Labute approximate surface area is 123 Å². The van der Waals surface area contributed by atoms with Gasteiger partial charge in [-0.3, -0.25) is 9.69 Å². The summed E-state index contributed by atoms with van der Waals surface area (Å²) < 4.78 is 0. The molecule has 6 heteroatoms. The molecule has 2 rings (SSSR count). The van der Waals surface area contributed by atoms with E-state index in [0.29, 0.717) is 23.1 Å². The van der Waals surface area contributed by atoms with Gasteiger partial charge in [0, 0.05) is 37.3 Å². The van der Waals surface area contributed by atoms with Gasteiger partial charge in [-0.2, -0.15) is 0 Å². The predicted octanol–water partition coefficient (Wildman–Crippen LogP) is 1.25. The molecule has 102 valence electrons. The SMILES string of the molecule is CN1CCN(Cc2ccc(C(N)=S)cc2Cl)CC1=O. The highest BCUT2D eigenvalue weighted by Crippen LogP contribution is 2.20. The van der Waals surface area contributed by atoms with E-state index in [0.717, 1.165) is 24.2 Å². The van der Waals surface area contributed by atoms with Gasteiger partial charge in [-0.25, -0.2) is 0 Å². The number of nitrogens with zero attached hydrogens (tertiary/aromatic N) is 2. The van der Waals surface area contributed by atoms with Crippen LogP contribution in [0.1, 0.15) is 11.1 Å². The van der Waals surface area contributed by atoms with Crippen molar-refractivity contribution in [1.82, 2.24) is 9.80 Å². The maximum absolute atomic E-state index is 11.6. The topological polar surface area (TPSA) is 49.6 Å². The second kappa shape index (κ2) is 5.86. The van der Waals surface area contributed by atoms with E-state index in [2.05, 4.69) is 4.90 Å². The second-order valence-corrected chi connectivity index (χ2v) is 5.54. The lowest BCUT2D eigenvalue weighted by Crippen LogP contribution is -2.48. The molecular formula is C13H16ClN3OS. The van der Waals surface area contributed by atoms with Gasteiger partial charge in [-0.15, -0.1) is 0 Å². The second-order valence-electron chi connectivity index (χ2n) is 4.70. The largest absolute Gasteiger partial charge is 0.389 e. The number of nitrogens with two attached hydrogens (primary N) is 1. The van der Waals surface area contributed by atoms with Crippen molar-refractivity contribution in [3.05, 3.63) is 34.3 Å². The van der Waals surface area contributed by atoms with Gasteiger partial charge in [0.05, 0.1) is 6.54 Å². The first kappa shape index (κ1) is 14.2. The molecule has 19 heavy (non-hydrogen) atoms. The zero-order valence-corrected chi connectivity index (χ0v) is 12.3. The number of thiocarbonyl (C=S) groups is 1. The summed E-state index contributed by atoms with van der Waals surface area (Å²) in [6.45, 7) is 2.71. The summed E-state index contributed by atoms with van der Waals surface area (Å²) in [6.07, 6.45) is 0. The molecule has 0 saturated carbocycles. The molecule has 1 amide bonds. The van der Waals surface area contributed by atoms with Gasteiger partial charge in [-0.05, 0) is 11.6 Å². The summed E-state index contributed by atoms with van der Waals surface area (Å²) in [5.74, 6) is 0.141. The first-order valence-corrected chi connectivity index (χ1v) is 6.80. The molecule has 0 aromatic heterocycles. The molecule has 0 aliphatic carbocycles. The van der Waals surface area contributed by atoms with Crippen molar-refractivity contribution in [3.8, 4) is 0 Å². The van der Waals surface area contributed by atoms with Crippen LogP contribution in [0.5, 0.6) is 0 Å². The van der Waals surface area contributed by atoms with Gasteiger partial charge >= 0.3 is 0 Å². The van der Waals surface area contributed by atoms with Crippen LogP contribution in [0.2, 0.25) is 5.02 Å². The predicted molar refractivity (Wildman–Crippen MR) is 80.3 cm³/mol. The molecule has 1 aliphatic rings. The van der Waals surface area contributed by atoms with Gasteiger partial charge in [0.1, 0.15) is 4.99 Å². The van der Waals surface area contributed by atoms with Crippen LogP contribution >= 0.6 is 23.8 Å². The van der Waals surface area contributed by atoms with E-state index in [9.17, 15) is 4.79 Å². The fraction of sp³-hybridized carbons (Fsp3) is 0.385. The highest BCUT2D eigenvalue weighted by Gasteiger charge is 2.21. The molecule has 1 aliphatic heterocycles. The fourth-order valence-electron chi connectivity index (χ4n) is 2.01. The Balaban J connectivity index is 2.07. The molecular weight excluding hydrogens is 282 g/mol. The van der Waals surface area contributed by atoms with Crippen LogP contribution in [0.25, 0.3) is 0 Å². The van der Waals surface area contributed by atoms with Gasteiger partial charge in [0.25, 0.3) is 0 Å². The Morgan fingerprint density at radius 1 is 1.47 bits per heavy atom. The number of carbonyl (C=O) groups is 1. The van der Waals surface area contributed by atoms with Gasteiger partial charge in [0.15, 0.2) is 0 Å². The molecule has 1 heterocycles. The molecule has 0 spiro atoms. The van der Waals surface area contributed by atoms with Crippen LogP contribution in [0, 0.1) is 0 Å². The van der Waals surface area contributed by atoms with Crippen LogP contribution in [0.4, 0.5) is 0 Å². The Bertz CT molecular complexity index is 521. The number of hydrogen-bond acceptors (Lipinski definition) is 3. The molecule has 0 bridgehead atoms. The van der Waals surface area contributed by atoms with Crippen molar-refractivity contribution in [2.24, 2.45) is 5.73 Å². The monoisotopic (exact) mass is 297 g/mol. The smallest absolute Gasteiger partial charge is 0.236 e. The summed E-state index contributed by atoms with van der Waals surface area (Å²) in [5, 5.41) is 0.636. The minimum absolute atomic E-state index is 0.141. The number of amides is 1. The lowest BCUT2D eigenvalue weighted by molar-refractivity contribution is -0.134. The van der Waals surface area contributed by atoms with Crippen molar-refractivity contribution in [2.45, 2.75) is 6.54 Å². The minimum Gasteiger partial charge on any atom is -0.389 e. The average Bonchev–Trinajstić information content (AvgIpc) is 2.36. The first-order valence-electron chi connectivity index (χ1n) is 6.02. The summed E-state index contributed by atoms with van der Waals surface area (Å²) in [7, 11) is 1.82. The number of carbonyl (C=O) groups excluding carboxylic acids is 1. The summed E-state index contributed by atoms with van der Waals surface area (Å²) in [4.78, 5) is 15.8. The third-order valence-corrected chi connectivity index (χ3v) is 3.86. The van der Waals surface area contributed by atoms with Crippen molar-refractivity contribution in [2.75, 3.05) is 26.7 Å². The molecule has 1 fully saturated rings. The summed E-state index contributed by atoms with van der Waals surface area (Å²) in [6, 6.07) is 5.55. The van der Waals surface area contributed by atoms with E-state index in [1.807, 2.05) is 19.2 Å². The normalized spacial score (nSPS) is 16.7. The number of likely N-dealkylation sites (N-methyl/N-ethyl adjacent to an activating group) is 1. The Morgan fingerprint density at radius 2 is 2.21 bits per heavy atom. The lowest BCUT2D eigenvalue weighted by Gasteiger charge is -2.32. The average molecular weight is 298 g/mol. The molecule has 1 aromatic carbocycles. The van der Waals surface area contributed by atoms with Crippen LogP contribution < -0.4 is 5.73 Å². The van der Waals surface area contributed by atoms with Gasteiger partial charge in [0.2, 0.25) is 5.91 Å². The maximum atomic E-state index is 11.6. The quantitative estimate of drug-likeness (QED) is 0.853. The van der Waals surface area contributed by atoms with Gasteiger partial charge < -0.3 is 10.6 Å². The number of hydrogen-bond donors (Lipinski definition) is 1. The summed E-state index contributed by atoms with van der Waals surface area (Å²) in [5.41, 5.74) is 7.31. The van der Waals surface area contributed by atoms with Crippen LogP contribution in [-0.2, 0) is 11.3 Å². The Kier molecular flexibility index (Phi) is 4.39. The Hall–Kier alpha value is -1.17. The number of piperazine rings is 1. The first-order chi connectivity index (χ1) is 8.97. The highest BCUT2D eigenvalue weighted by molar-refractivity contribution is 7.80. The van der Waals surface area contributed by atoms with Crippen LogP contribution in [0.3, 0.4) is 0 Å². The van der Waals surface area contributed by atoms with E-state index >= 15 is 0 Å². The number of benzene rings is 1. The van der Waals surface area contributed by atoms with E-state index in [-0.39, 0.29) is 5.91 Å². The van der Waals surface area contributed by atoms with Gasteiger partial charge in [-0.1, -0.05) is 36.0 Å². The van der Waals surface area contributed by atoms with Crippen LogP contribution in [-0.4, -0.2) is 47.4 Å². The maximum Gasteiger partial charge on any atom is 0.236 e. The molecule has 2 N–H and O–H groups in total. The molecule has 1 saturated heterocycles. The van der Waals surface area contributed by atoms with E-state index in [1.165, 1.54) is 0 Å². The fourth-order valence-corrected chi connectivity index (χ4v) is 2.38. The standard InChI is InChI=1S/C13H16ClN3OS/c1-16-4-5-17(8-12(16)18)7-10-3-2-9(13(15)19)6-11(10)14/h2-3,6H,4-5,7-8H2,1H3,(H2,15,19). The van der Waals surface area contributed by atoms with Crippen LogP contribution in [0.15, 0.2) is 18.2 Å². The molecule has 1 aromatic rings. The third-order valence-electron chi connectivity index (χ3n) is 3.27. The van der Waals surface area contributed by atoms with E-state index < -0.39 is 0 Å². The molecule has 0 atom stereocenters.